The minimum absolute atomic E-state index is 0.0190. The molecule has 2 heterocycles. The maximum Gasteiger partial charge on any atom is 0.230 e. The average Bonchev–Trinajstić information content (AvgIpc) is 2.86. The minimum atomic E-state index is -0.263. The zero-order chi connectivity index (χ0) is 12.4. The first-order valence-corrected chi connectivity index (χ1v) is 5.69. The summed E-state index contributed by atoms with van der Waals surface area (Å²) in [6.45, 7) is 2.48. The van der Waals surface area contributed by atoms with E-state index in [0.29, 0.717) is 12.4 Å². The molecule has 2 rings (SSSR count). The molecule has 92 valence electrons. The monoisotopic (exact) mass is 236 g/mol. The largest absolute Gasteiger partial charge is 0.345 e. The molecule has 1 aliphatic heterocycles. The third kappa shape index (κ3) is 2.30. The molecule has 2 N–H and O–H groups in total. The number of aromatic nitrogens is 2. The molecule has 1 saturated heterocycles. The number of likely N-dealkylation sites (tertiary alicyclic amines) is 1. The van der Waals surface area contributed by atoms with Crippen molar-refractivity contribution in [1.82, 2.24) is 15.1 Å². The smallest absolute Gasteiger partial charge is 0.230 e. The predicted octanol–water partition coefficient (Wildman–Crippen LogP) is 0.389. The van der Waals surface area contributed by atoms with Crippen molar-refractivity contribution in [2.24, 2.45) is 5.92 Å². The van der Waals surface area contributed by atoms with Crippen LogP contribution in [-0.4, -0.2) is 40.5 Å². The minimum Gasteiger partial charge on any atom is -0.345 e. The summed E-state index contributed by atoms with van der Waals surface area (Å²) in [6.07, 6.45) is 2.79. The van der Waals surface area contributed by atoms with Gasteiger partial charge in [0.2, 0.25) is 11.8 Å². The van der Waals surface area contributed by atoms with Crippen LogP contribution in [0.25, 0.3) is 0 Å². The van der Waals surface area contributed by atoms with Crippen molar-refractivity contribution < 1.29 is 9.59 Å². The molecule has 0 spiro atoms. The fourth-order valence-corrected chi connectivity index (χ4v) is 1.95. The first-order valence-electron chi connectivity index (χ1n) is 5.69. The van der Waals surface area contributed by atoms with Crippen LogP contribution < -0.4 is 5.32 Å². The molecule has 1 aliphatic rings. The number of aryl methyl sites for hydroxylation is 1. The van der Waals surface area contributed by atoms with Crippen LogP contribution in [0, 0.1) is 5.92 Å². The summed E-state index contributed by atoms with van der Waals surface area (Å²) in [5, 5.41) is 9.43. The van der Waals surface area contributed by atoms with E-state index in [0.717, 1.165) is 12.0 Å². The van der Waals surface area contributed by atoms with Crippen molar-refractivity contribution in [2.45, 2.75) is 19.8 Å². The van der Waals surface area contributed by atoms with E-state index in [1.54, 1.807) is 18.1 Å². The number of anilines is 1. The van der Waals surface area contributed by atoms with E-state index in [1.807, 2.05) is 6.92 Å². The zero-order valence-electron chi connectivity index (χ0n) is 9.99. The third-order valence-corrected chi connectivity index (χ3v) is 3.06. The maximum absolute atomic E-state index is 11.9. The van der Waals surface area contributed by atoms with Gasteiger partial charge in [-0.15, -0.1) is 0 Å². The van der Waals surface area contributed by atoms with Crippen molar-refractivity contribution >= 4 is 17.6 Å². The molecule has 1 aromatic heterocycles. The highest BCUT2D eigenvalue weighted by atomic mass is 16.2. The molecule has 6 nitrogen and oxygen atoms in total. The van der Waals surface area contributed by atoms with Gasteiger partial charge >= 0.3 is 0 Å². The van der Waals surface area contributed by atoms with E-state index in [9.17, 15) is 9.59 Å². The molecule has 1 unspecified atom stereocenters. The highest BCUT2D eigenvalue weighted by molar-refractivity contribution is 5.96. The third-order valence-electron chi connectivity index (χ3n) is 3.06. The molecule has 0 aliphatic carbocycles. The summed E-state index contributed by atoms with van der Waals surface area (Å²) >= 11 is 0. The number of carbonyl (C=O) groups excluding carboxylic acids is 2. The van der Waals surface area contributed by atoms with Gasteiger partial charge in [0, 0.05) is 25.6 Å². The van der Waals surface area contributed by atoms with Gasteiger partial charge in [0.1, 0.15) is 5.82 Å². The van der Waals surface area contributed by atoms with Crippen LogP contribution in [-0.2, 0) is 16.0 Å². The van der Waals surface area contributed by atoms with Gasteiger partial charge < -0.3 is 10.2 Å². The standard InChI is InChI=1S/C11H16N4O2/c1-3-7-5-12-14-10(7)13-11(17)8-4-9(16)15(2)6-8/h5,8H,3-4,6H2,1-2H3,(H2,12,13,14,17). The summed E-state index contributed by atoms with van der Waals surface area (Å²) < 4.78 is 0. The molecule has 0 aromatic carbocycles. The van der Waals surface area contributed by atoms with Crippen LogP contribution in [0.15, 0.2) is 6.20 Å². The van der Waals surface area contributed by atoms with Crippen molar-refractivity contribution in [3.05, 3.63) is 11.8 Å². The van der Waals surface area contributed by atoms with Gasteiger partial charge in [0.15, 0.2) is 0 Å². The van der Waals surface area contributed by atoms with E-state index >= 15 is 0 Å². The number of amides is 2. The van der Waals surface area contributed by atoms with Crippen LogP contribution in [0.4, 0.5) is 5.82 Å². The second-order valence-electron chi connectivity index (χ2n) is 4.29. The lowest BCUT2D eigenvalue weighted by Crippen LogP contribution is -2.26. The maximum atomic E-state index is 11.9. The number of H-pyrrole nitrogens is 1. The molecule has 1 fully saturated rings. The summed E-state index contributed by atoms with van der Waals surface area (Å²) in [4.78, 5) is 24.9. The zero-order valence-corrected chi connectivity index (χ0v) is 9.99. The molecule has 2 amide bonds. The Labute approximate surface area is 99.4 Å². The van der Waals surface area contributed by atoms with Crippen molar-refractivity contribution in [2.75, 3.05) is 18.9 Å². The lowest BCUT2D eigenvalue weighted by molar-refractivity contribution is -0.127. The van der Waals surface area contributed by atoms with Crippen molar-refractivity contribution in [3.8, 4) is 0 Å². The van der Waals surface area contributed by atoms with E-state index in [2.05, 4.69) is 15.5 Å². The molecular formula is C11H16N4O2. The fourth-order valence-electron chi connectivity index (χ4n) is 1.95. The van der Waals surface area contributed by atoms with Gasteiger partial charge in [0.05, 0.1) is 12.1 Å². The molecule has 0 bridgehead atoms. The Morgan fingerprint density at radius 2 is 2.47 bits per heavy atom. The second-order valence-corrected chi connectivity index (χ2v) is 4.29. The Balaban J connectivity index is 2.00. The van der Waals surface area contributed by atoms with Gasteiger partial charge in [0.25, 0.3) is 0 Å². The summed E-state index contributed by atoms with van der Waals surface area (Å²) in [6, 6.07) is 0. The van der Waals surface area contributed by atoms with Crippen LogP contribution in [0.2, 0.25) is 0 Å². The highest BCUT2D eigenvalue weighted by Crippen LogP contribution is 2.19. The lowest BCUT2D eigenvalue weighted by Gasteiger charge is -2.10. The van der Waals surface area contributed by atoms with Gasteiger partial charge in [-0.05, 0) is 6.42 Å². The Hall–Kier alpha value is -1.85. The summed E-state index contributed by atoms with van der Waals surface area (Å²) in [7, 11) is 1.71. The number of rotatable bonds is 3. The summed E-state index contributed by atoms with van der Waals surface area (Å²) in [5.41, 5.74) is 0.969. The number of hydrogen-bond acceptors (Lipinski definition) is 3. The van der Waals surface area contributed by atoms with E-state index in [1.165, 1.54) is 0 Å². The summed E-state index contributed by atoms with van der Waals surface area (Å²) in [5.74, 6) is 0.270. The Kier molecular flexibility index (Phi) is 3.12. The molecule has 1 atom stereocenters. The molecule has 1 aromatic rings. The van der Waals surface area contributed by atoms with E-state index in [4.69, 9.17) is 0 Å². The Morgan fingerprint density at radius 3 is 3.06 bits per heavy atom. The lowest BCUT2D eigenvalue weighted by atomic mass is 10.1. The van der Waals surface area contributed by atoms with Gasteiger partial charge in [-0.1, -0.05) is 6.92 Å². The topological polar surface area (TPSA) is 78.1 Å². The van der Waals surface area contributed by atoms with Gasteiger partial charge in [-0.25, -0.2) is 0 Å². The van der Waals surface area contributed by atoms with Crippen LogP contribution >= 0.6 is 0 Å². The first kappa shape index (κ1) is 11.6. The molecule has 0 radical (unpaired) electrons. The van der Waals surface area contributed by atoms with Gasteiger partial charge in [-0.2, -0.15) is 5.10 Å². The molecular weight excluding hydrogens is 220 g/mol. The number of carbonyl (C=O) groups is 2. The van der Waals surface area contributed by atoms with Crippen molar-refractivity contribution in [1.29, 1.82) is 0 Å². The quantitative estimate of drug-likeness (QED) is 0.796. The second kappa shape index (κ2) is 4.57. The van der Waals surface area contributed by atoms with Gasteiger partial charge in [-0.3, -0.25) is 14.7 Å². The van der Waals surface area contributed by atoms with E-state index < -0.39 is 0 Å². The number of nitrogens with one attached hydrogen (secondary N) is 2. The van der Waals surface area contributed by atoms with Crippen LogP contribution in [0.5, 0.6) is 0 Å². The number of nitrogens with zero attached hydrogens (tertiary/aromatic N) is 2. The average molecular weight is 236 g/mol. The first-order chi connectivity index (χ1) is 8.11. The van der Waals surface area contributed by atoms with Crippen LogP contribution in [0.1, 0.15) is 18.9 Å². The predicted molar refractivity (Wildman–Crippen MR) is 62.3 cm³/mol. The Bertz CT molecular complexity index is 440. The fraction of sp³-hybridized carbons (Fsp3) is 0.545. The van der Waals surface area contributed by atoms with Crippen LogP contribution in [0.3, 0.4) is 0 Å². The molecule has 17 heavy (non-hydrogen) atoms. The number of hydrogen-bond donors (Lipinski definition) is 2. The van der Waals surface area contributed by atoms with E-state index in [-0.39, 0.29) is 24.2 Å². The molecule has 0 saturated carbocycles. The highest BCUT2D eigenvalue weighted by Gasteiger charge is 2.32. The normalized spacial score (nSPS) is 19.8. The SMILES string of the molecule is CCc1cn[nH]c1NC(=O)C1CC(=O)N(C)C1. The van der Waals surface area contributed by atoms with Crippen molar-refractivity contribution in [3.63, 3.8) is 0 Å². The Morgan fingerprint density at radius 1 is 1.71 bits per heavy atom. The number of aromatic amines is 1. The molecule has 6 heteroatoms.